The van der Waals surface area contributed by atoms with Crippen molar-refractivity contribution < 1.29 is 22.3 Å². The number of ether oxygens (including phenoxy) is 1. The van der Waals surface area contributed by atoms with Crippen LogP contribution in [0.5, 0.6) is 5.75 Å². The van der Waals surface area contributed by atoms with E-state index in [-0.39, 0.29) is 10.6 Å². The predicted octanol–water partition coefficient (Wildman–Crippen LogP) is 0.953. The van der Waals surface area contributed by atoms with Crippen LogP contribution in [-0.2, 0) is 21.9 Å². The van der Waals surface area contributed by atoms with Crippen LogP contribution in [0.2, 0.25) is 0 Å². The molecular weight excluding hydrogens is 351 g/mol. The van der Waals surface area contributed by atoms with E-state index >= 15 is 0 Å². The number of sulfonamides is 1. The van der Waals surface area contributed by atoms with Gasteiger partial charge in [-0.3, -0.25) is 14.9 Å². The molecule has 10 heteroatoms. The first-order valence-electron chi connectivity index (χ1n) is 7.36. The highest BCUT2D eigenvalue weighted by molar-refractivity contribution is 7.89. The lowest BCUT2D eigenvalue weighted by Gasteiger charge is -2.15. The number of hydrogen-bond donors (Lipinski definition) is 2. The highest BCUT2D eigenvalue weighted by Gasteiger charge is 2.25. The lowest BCUT2D eigenvalue weighted by Crippen LogP contribution is -2.47. The molecule has 1 atom stereocenters. The third-order valence-electron chi connectivity index (χ3n) is 3.53. The standard InChI is InChI=1S/C15H19FN4O4S/c1-9-14(10(2)20(4)18-9)25(22,23)19-17-15(21)11(3)24-13-8-6-5-7-12(13)16/h5-8,11,19H,1-4H3,(H,17,21)/t11-/m0/s1. The Hall–Kier alpha value is -2.46. The molecule has 0 bridgehead atoms. The summed E-state index contributed by atoms with van der Waals surface area (Å²) in [5.74, 6) is -1.50. The zero-order valence-corrected chi connectivity index (χ0v) is 15.0. The summed E-state index contributed by atoms with van der Waals surface area (Å²) in [6.07, 6.45) is -1.12. The van der Waals surface area contributed by atoms with Crippen molar-refractivity contribution in [1.82, 2.24) is 20.0 Å². The molecule has 0 aliphatic rings. The van der Waals surface area contributed by atoms with Gasteiger partial charge in [-0.25, -0.2) is 12.8 Å². The summed E-state index contributed by atoms with van der Waals surface area (Å²) < 4.78 is 44.8. The van der Waals surface area contributed by atoms with Crippen molar-refractivity contribution in [2.75, 3.05) is 0 Å². The van der Waals surface area contributed by atoms with E-state index in [0.717, 1.165) is 0 Å². The Balaban J connectivity index is 2.05. The first kappa shape index (κ1) is 18.9. The minimum absolute atomic E-state index is 0.0158. The summed E-state index contributed by atoms with van der Waals surface area (Å²) in [7, 11) is -2.39. The lowest BCUT2D eigenvalue weighted by molar-refractivity contribution is -0.127. The molecule has 136 valence electrons. The van der Waals surface area contributed by atoms with Gasteiger partial charge in [0, 0.05) is 7.05 Å². The van der Waals surface area contributed by atoms with Crippen molar-refractivity contribution in [2.45, 2.75) is 31.8 Å². The Morgan fingerprint density at radius 3 is 2.52 bits per heavy atom. The lowest BCUT2D eigenvalue weighted by atomic mass is 10.3. The van der Waals surface area contributed by atoms with Crippen LogP contribution in [0.1, 0.15) is 18.3 Å². The third-order valence-corrected chi connectivity index (χ3v) is 5.03. The van der Waals surface area contributed by atoms with Crippen molar-refractivity contribution in [3.8, 4) is 5.75 Å². The first-order chi connectivity index (χ1) is 11.6. The summed E-state index contributed by atoms with van der Waals surface area (Å²) >= 11 is 0. The number of benzene rings is 1. The molecule has 0 aliphatic carbocycles. The van der Waals surface area contributed by atoms with E-state index in [0.29, 0.717) is 11.4 Å². The van der Waals surface area contributed by atoms with Crippen molar-refractivity contribution in [3.63, 3.8) is 0 Å². The molecule has 25 heavy (non-hydrogen) atoms. The second kappa shape index (κ2) is 7.19. The van der Waals surface area contributed by atoms with Crippen molar-refractivity contribution in [3.05, 3.63) is 41.5 Å². The zero-order chi connectivity index (χ0) is 18.8. The number of aryl methyl sites for hydroxylation is 2. The SMILES string of the molecule is Cc1nn(C)c(C)c1S(=O)(=O)NNC(=O)[C@H](C)Oc1ccccc1F. The topological polar surface area (TPSA) is 102 Å². The number of aromatic nitrogens is 2. The smallest absolute Gasteiger partial charge is 0.275 e. The molecule has 0 unspecified atom stereocenters. The molecule has 0 aliphatic heterocycles. The van der Waals surface area contributed by atoms with Gasteiger partial charge in [0.1, 0.15) is 4.90 Å². The predicted molar refractivity (Wildman–Crippen MR) is 87.6 cm³/mol. The second-order valence-electron chi connectivity index (χ2n) is 5.41. The van der Waals surface area contributed by atoms with E-state index in [1.807, 2.05) is 4.83 Å². The maximum absolute atomic E-state index is 13.5. The Morgan fingerprint density at radius 1 is 1.32 bits per heavy atom. The highest BCUT2D eigenvalue weighted by Crippen LogP contribution is 2.18. The van der Waals surface area contributed by atoms with Crippen LogP contribution in [0.15, 0.2) is 29.2 Å². The number of halogens is 1. The first-order valence-corrected chi connectivity index (χ1v) is 8.85. The normalized spacial score (nSPS) is 12.7. The van der Waals surface area contributed by atoms with Gasteiger partial charge in [-0.2, -0.15) is 5.10 Å². The van der Waals surface area contributed by atoms with E-state index in [2.05, 4.69) is 10.5 Å². The van der Waals surface area contributed by atoms with Crippen LogP contribution in [0.25, 0.3) is 0 Å². The molecule has 2 rings (SSSR count). The zero-order valence-electron chi connectivity index (χ0n) is 14.2. The number of hydrazine groups is 1. The third kappa shape index (κ3) is 4.15. The quantitative estimate of drug-likeness (QED) is 0.737. The number of carbonyl (C=O) groups is 1. The van der Waals surface area contributed by atoms with Gasteiger partial charge in [0.25, 0.3) is 15.9 Å². The number of para-hydroxylation sites is 1. The fourth-order valence-corrected chi connectivity index (χ4v) is 3.49. The van der Waals surface area contributed by atoms with Crippen LogP contribution in [-0.4, -0.2) is 30.2 Å². The largest absolute Gasteiger partial charge is 0.478 e. The highest BCUT2D eigenvalue weighted by atomic mass is 32.2. The Morgan fingerprint density at radius 2 is 1.96 bits per heavy atom. The van der Waals surface area contributed by atoms with Gasteiger partial charge in [-0.15, -0.1) is 4.83 Å². The summed E-state index contributed by atoms with van der Waals surface area (Å²) in [5.41, 5.74) is 2.79. The van der Waals surface area contributed by atoms with E-state index in [1.165, 1.54) is 29.8 Å². The fourth-order valence-electron chi connectivity index (χ4n) is 2.20. The molecule has 0 fully saturated rings. The summed E-state index contributed by atoms with van der Waals surface area (Å²) in [4.78, 5) is 14.0. The maximum Gasteiger partial charge on any atom is 0.275 e. The average Bonchev–Trinajstić information content (AvgIpc) is 2.80. The molecule has 2 aromatic rings. The van der Waals surface area contributed by atoms with Gasteiger partial charge in [0.15, 0.2) is 17.7 Å². The molecule has 1 aromatic carbocycles. The molecular formula is C15H19FN4O4S. The minimum atomic E-state index is -4.01. The number of carbonyl (C=O) groups excluding carboxylic acids is 1. The Bertz CT molecular complexity index is 895. The van der Waals surface area contributed by atoms with Crippen molar-refractivity contribution in [1.29, 1.82) is 0 Å². The molecule has 0 saturated carbocycles. The van der Waals surface area contributed by atoms with Gasteiger partial charge < -0.3 is 4.74 Å². The number of nitrogens with zero attached hydrogens (tertiary/aromatic N) is 2. The van der Waals surface area contributed by atoms with Gasteiger partial charge >= 0.3 is 0 Å². The Labute approximate surface area is 145 Å². The van der Waals surface area contributed by atoms with E-state index in [9.17, 15) is 17.6 Å². The molecule has 2 N–H and O–H groups in total. The molecule has 8 nitrogen and oxygen atoms in total. The van der Waals surface area contributed by atoms with Crippen LogP contribution < -0.4 is 15.0 Å². The van der Waals surface area contributed by atoms with E-state index < -0.39 is 27.9 Å². The number of rotatable bonds is 6. The summed E-state index contributed by atoms with van der Waals surface area (Å²) in [6, 6.07) is 5.60. The number of nitrogens with one attached hydrogen (secondary N) is 2. The van der Waals surface area contributed by atoms with Crippen molar-refractivity contribution in [2.24, 2.45) is 7.05 Å². The summed E-state index contributed by atoms with van der Waals surface area (Å²) in [5, 5.41) is 4.02. The molecule has 0 saturated heterocycles. The van der Waals surface area contributed by atoms with Crippen LogP contribution >= 0.6 is 0 Å². The number of hydrogen-bond acceptors (Lipinski definition) is 5. The van der Waals surface area contributed by atoms with Crippen LogP contribution in [0, 0.1) is 19.7 Å². The molecule has 0 radical (unpaired) electrons. The monoisotopic (exact) mass is 370 g/mol. The van der Waals surface area contributed by atoms with Crippen LogP contribution in [0.4, 0.5) is 4.39 Å². The van der Waals surface area contributed by atoms with E-state index in [1.54, 1.807) is 27.0 Å². The number of amides is 1. The van der Waals surface area contributed by atoms with E-state index in [4.69, 9.17) is 4.74 Å². The maximum atomic E-state index is 13.5. The second-order valence-corrected chi connectivity index (χ2v) is 7.03. The fraction of sp³-hybridized carbons (Fsp3) is 0.333. The van der Waals surface area contributed by atoms with Crippen LogP contribution in [0.3, 0.4) is 0 Å². The van der Waals surface area contributed by atoms with Gasteiger partial charge in [-0.05, 0) is 32.9 Å². The molecule has 0 spiro atoms. The van der Waals surface area contributed by atoms with Gasteiger partial charge in [-0.1, -0.05) is 12.1 Å². The molecule has 1 amide bonds. The van der Waals surface area contributed by atoms with Gasteiger partial charge in [0.2, 0.25) is 0 Å². The van der Waals surface area contributed by atoms with Crippen molar-refractivity contribution >= 4 is 15.9 Å². The molecule has 1 heterocycles. The van der Waals surface area contributed by atoms with Gasteiger partial charge in [0.05, 0.1) is 11.4 Å². The minimum Gasteiger partial charge on any atom is -0.478 e. The summed E-state index contributed by atoms with van der Waals surface area (Å²) in [6.45, 7) is 4.52. The Kier molecular flexibility index (Phi) is 5.43. The molecule has 1 aromatic heterocycles. The average molecular weight is 370 g/mol.